The predicted octanol–water partition coefficient (Wildman–Crippen LogP) is 3.70. The highest BCUT2D eigenvalue weighted by Crippen LogP contribution is 2.21. The molecule has 29 heavy (non-hydrogen) atoms. The highest BCUT2D eigenvalue weighted by atomic mass is 35.5. The lowest BCUT2D eigenvalue weighted by atomic mass is 10.2. The molecule has 0 spiro atoms. The quantitative estimate of drug-likeness (QED) is 0.543. The van der Waals surface area contributed by atoms with Crippen LogP contribution in [0.3, 0.4) is 0 Å². The van der Waals surface area contributed by atoms with Crippen molar-refractivity contribution in [1.29, 1.82) is 0 Å². The van der Waals surface area contributed by atoms with Gasteiger partial charge in [-0.3, -0.25) is 14.9 Å². The molecular weight excluding hydrogens is 416 g/mol. The van der Waals surface area contributed by atoms with Gasteiger partial charge in [-0.05, 0) is 43.7 Å². The van der Waals surface area contributed by atoms with Gasteiger partial charge in [0.1, 0.15) is 5.75 Å². The maximum atomic E-state index is 12.4. The minimum atomic E-state index is -0.400. The van der Waals surface area contributed by atoms with E-state index in [1.54, 1.807) is 36.7 Å². The number of carbonyl (C=O) groups excluding carboxylic acids is 2. The summed E-state index contributed by atoms with van der Waals surface area (Å²) in [7, 11) is 0. The molecule has 1 N–H and O–H groups in total. The van der Waals surface area contributed by atoms with Crippen LogP contribution in [0, 0.1) is 6.92 Å². The molecule has 0 aliphatic heterocycles. The molecule has 0 saturated heterocycles. The first-order valence-electron chi connectivity index (χ1n) is 8.78. The van der Waals surface area contributed by atoms with Gasteiger partial charge in [-0.1, -0.05) is 11.6 Å². The van der Waals surface area contributed by atoms with Crippen LogP contribution < -0.4 is 10.1 Å². The lowest BCUT2D eigenvalue weighted by Crippen LogP contribution is -2.14. The average Bonchev–Trinajstić information content (AvgIpc) is 3.32. The van der Waals surface area contributed by atoms with Crippen molar-refractivity contribution in [2.45, 2.75) is 27.0 Å². The molecule has 2 heterocycles. The molecular formula is C19H19ClN4O4S. The van der Waals surface area contributed by atoms with E-state index in [1.165, 1.54) is 16.0 Å². The second kappa shape index (κ2) is 9.53. The Morgan fingerprint density at radius 1 is 1.31 bits per heavy atom. The minimum Gasteiger partial charge on any atom is -0.471 e. The third-order valence-electron chi connectivity index (χ3n) is 3.77. The van der Waals surface area contributed by atoms with Crippen LogP contribution in [0.1, 0.15) is 28.7 Å². The smallest absolute Gasteiger partial charge is 0.311 e. The van der Waals surface area contributed by atoms with Crippen LogP contribution in [0.2, 0.25) is 5.02 Å². The van der Waals surface area contributed by atoms with E-state index in [-0.39, 0.29) is 24.8 Å². The number of hydrogen-bond acceptors (Lipinski definition) is 7. The molecule has 0 radical (unpaired) electrons. The number of amides is 1. The van der Waals surface area contributed by atoms with E-state index in [4.69, 9.17) is 21.1 Å². The van der Waals surface area contributed by atoms with Crippen LogP contribution in [-0.2, 0) is 22.7 Å². The third kappa shape index (κ3) is 5.78. The lowest BCUT2D eigenvalue weighted by molar-refractivity contribution is -0.142. The number of halogens is 1. The Kier molecular flexibility index (Phi) is 6.84. The Morgan fingerprint density at radius 3 is 2.90 bits per heavy atom. The molecule has 2 aromatic heterocycles. The number of carbonyl (C=O) groups is 2. The summed E-state index contributed by atoms with van der Waals surface area (Å²) < 4.78 is 12.0. The van der Waals surface area contributed by atoms with Gasteiger partial charge in [-0.25, -0.2) is 9.67 Å². The maximum Gasteiger partial charge on any atom is 0.311 e. The number of aromatic nitrogens is 3. The van der Waals surface area contributed by atoms with Gasteiger partial charge < -0.3 is 9.47 Å². The van der Waals surface area contributed by atoms with E-state index in [0.29, 0.717) is 28.2 Å². The normalized spacial score (nSPS) is 10.6. The molecule has 0 bridgehead atoms. The van der Waals surface area contributed by atoms with Crippen LogP contribution in [0.4, 0.5) is 5.13 Å². The van der Waals surface area contributed by atoms with Crippen LogP contribution in [-0.4, -0.2) is 33.2 Å². The monoisotopic (exact) mass is 434 g/mol. The molecule has 8 nitrogen and oxygen atoms in total. The van der Waals surface area contributed by atoms with Gasteiger partial charge in [0.2, 0.25) is 0 Å². The average molecular weight is 435 g/mol. The van der Waals surface area contributed by atoms with Crippen molar-refractivity contribution in [3.63, 3.8) is 0 Å². The highest BCUT2D eigenvalue weighted by molar-refractivity contribution is 7.14. The summed E-state index contributed by atoms with van der Waals surface area (Å²) >= 11 is 7.23. The molecule has 0 aliphatic rings. The zero-order valence-corrected chi connectivity index (χ0v) is 17.4. The van der Waals surface area contributed by atoms with Crippen LogP contribution in [0.25, 0.3) is 0 Å². The Labute approximate surface area is 176 Å². The van der Waals surface area contributed by atoms with Crippen LogP contribution >= 0.6 is 22.9 Å². The molecule has 0 fully saturated rings. The number of anilines is 1. The Hall–Kier alpha value is -2.91. The van der Waals surface area contributed by atoms with Gasteiger partial charge in [-0.15, -0.1) is 11.3 Å². The second-order valence-electron chi connectivity index (χ2n) is 6.00. The number of aryl methyl sites for hydroxylation is 1. The van der Waals surface area contributed by atoms with E-state index >= 15 is 0 Å². The fourth-order valence-corrected chi connectivity index (χ4v) is 3.19. The SMILES string of the molecule is CCOC(=O)Cc1csc(NC(=O)c2ccn(COc3ccc(Cl)c(C)c3)n2)n1. The molecule has 1 amide bonds. The number of nitrogens with one attached hydrogen (secondary N) is 1. The molecule has 0 unspecified atom stereocenters. The molecule has 0 aliphatic carbocycles. The fourth-order valence-electron chi connectivity index (χ4n) is 2.37. The maximum absolute atomic E-state index is 12.4. The molecule has 0 saturated carbocycles. The summed E-state index contributed by atoms with van der Waals surface area (Å²) in [5.74, 6) is -0.0984. The lowest BCUT2D eigenvalue weighted by Gasteiger charge is -2.07. The van der Waals surface area contributed by atoms with E-state index in [9.17, 15) is 9.59 Å². The van der Waals surface area contributed by atoms with E-state index < -0.39 is 5.91 Å². The molecule has 10 heteroatoms. The number of nitrogens with zero attached hydrogens (tertiary/aromatic N) is 3. The van der Waals surface area contributed by atoms with E-state index in [2.05, 4.69) is 15.4 Å². The second-order valence-corrected chi connectivity index (χ2v) is 7.27. The summed E-state index contributed by atoms with van der Waals surface area (Å²) in [5.41, 5.74) is 1.68. The van der Waals surface area contributed by atoms with Crippen LogP contribution in [0.5, 0.6) is 5.75 Å². The third-order valence-corrected chi connectivity index (χ3v) is 5.00. The number of ether oxygens (including phenoxy) is 2. The van der Waals surface area contributed by atoms with E-state index in [0.717, 1.165) is 5.56 Å². The summed E-state index contributed by atoms with van der Waals surface area (Å²) in [6.45, 7) is 4.10. The largest absolute Gasteiger partial charge is 0.471 e. The number of benzene rings is 1. The Morgan fingerprint density at radius 2 is 2.14 bits per heavy atom. The molecule has 0 atom stereocenters. The highest BCUT2D eigenvalue weighted by Gasteiger charge is 2.14. The van der Waals surface area contributed by atoms with Crippen molar-refractivity contribution in [2.24, 2.45) is 0 Å². The zero-order chi connectivity index (χ0) is 20.8. The van der Waals surface area contributed by atoms with Gasteiger partial charge in [0.05, 0.1) is 18.7 Å². The van der Waals surface area contributed by atoms with Gasteiger partial charge in [0.15, 0.2) is 17.6 Å². The van der Waals surface area contributed by atoms with Crippen molar-refractivity contribution in [3.05, 3.63) is 57.8 Å². The van der Waals surface area contributed by atoms with Gasteiger partial charge in [0, 0.05) is 16.6 Å². The summed E-state index contributed by atoms with van der Waals surface area (Å²) in [4.78, 5) is 28.1. The minimum absolute atomic E-state index is 0.0658. The van der Waals surface area contributed by atoms with Crippen molar-refractivity contribution in [1.82, 2.24) is 14.8 Å². The number of hydrogen-bond donors (Lipinski definition) is 1. The van der Waals surface area contributed by atoms with Gasteiger partial charge in [-0.2, -0.15) is 5.10 Å². The molecule has 152 valence electrons. The summed E-state index contributed by atoms with van der Waals surface area (Å²) in [6.07, 6.45) is 1.71. The van der Waals surface area contributed by atoms with Gasteiger partial charge in [0.25, 0.3) is 5.91 Å². The van der Waals surface area contributed by atoms with Crippen molar-refractivity contribution < 1.29 is 19.1 Å². The number of esters is 1. The topological polar surface area (TPSA) is 95.3 Å². The molecule has 3 rings (SSSR count). The standard InChI is InChI=1S/C19H19ClN4O4S/c1-3-27-17(25)9-13-10-29-19(21-13)22-18(26)16-6-7-24(23-16)11-28-14-4-5-15(20)12(2)8-14/h4-8,10H,3,9,11H2,1-2H3,(H,21,22,26). The number of rotatable bonds is 8. The first-order chi connectivity index (χ1) is 13.9. The van der Waals surface area contributed by atoms with Crippen molar-refractivity contribution in [2.75, 3.05) is 11.9 Å². The fraction of sp³-hybridized carbons (Fsp3) is 0.263. The molecule has 3 aromatic rings. The van der Waals surface area contributed by atoms with Crippen LogP contribution in [0.15, 0.2) is 35.8 Å². The van der Waals surface area contributed by atoms with Gasteiger partial charge >= 0.3 is 5.97 Å². The Balaban J connectivity index is 1.54. The zero-order valence-electron chi connectivity index (χ0n) is 15.8. The number of thiazole rings is 1. The van der Waals surface area contributed by atoms with Crippen molar-refractivity contribution in [3.8, 4) is 5.75 Å². The van der Waals surface area contributed by atoms with E-state index in [1.807, 2.05) is 13.0 Å². The Bertz CT molecular complexity index is 1020. The first-order valence-corrected chi connectivity index (χ1v) is 10.0. The summed E-state index contributed by atoms with van der Waals surface area (Å²) in [6, 6.07) is 6.94. The molecule has 1 aromatic carbocycles. The first kappa shape index (κ1) is 20.8. The summed E-state index contributed by atoms with van der Waals surface area (Å²) in [5, 5.41) is 9.62. The van der Waals surface area contributed by atoms with Crippen molar-refractivity contribution >= 4 is 39.9 Å². The predicted molar refractivity (Wildman–Crippen MR) is 109 cm³/mol.